The summed E-state index contributed by atoms with van der Waals surface area (Å²) in [6.45, 7) is 16.6. The number of rotatable bonds is 6. The van der Waals surface area contributed by atoms with Gasteiger partial charge in [0.1, 0.15) is 5.66 Å². The molecular formula is C23H40N2O4-2. The van der Waals surface area contributed by atoms with E-state index < -0.39 is 39.8 Å². The van der Waals surface area contributed by atoms with Crippen LogP contribution in [0.25, 0.3) is 0 Å². The van der Waals surface area contributed by atoms with E-state index in [1.54, 1.807) is 0 Å². The number of likely N-dealkylation sites (tertiary alicyclic amines) is 2. The van der Waals surface area contributed by atoms with Gasteiger partial charge in [0.05, 0.1) is 5.97 Å². The van der Waals surface area contributed by atoms with Gasteiger partial charge in [-0.05, 0) is 107 Å². The van der Waals surface area contributed by atoms with Crippen molar-refractivity contribution in [2.75, 3.05) is 0 Å². The Kier molecular flexibility index (Phi) is 6.26. The van der Waals surface area contributed by atoms with Crippen LogP contribution in [0.15, 0.2) is 0 Å². The van der Waals surface area contributed by atoms with E-state index in [1.807, 2.05) is 0 Å². The number of aliphatic carboxylic acids is 2. The molecule has 0 N–H and O–H groups in total. The molecule has 2 aliphatic rings. The average molecular weight is 409 g/mol. The Morgan fingerprint density at radius 1 is 0.724 bits per heavy atom. The van der Waals surface area contributed by atoms with Gasteiger partial charge in [-0.1, -0.05) is 0 Å². The largest absolute Gasteiger partial charge is 0.550 e. The van der Waals surface area contributed by atoms with E-state index in [-0.39, 0.29) is 12.8 Å². The smallest absolute Gasteiger partial charge is 0.117 e. The highest BCUT2D eigenvalue weighted by molar-refractivity contribution is 5.78. The topological polar surface area (TPSA) is 86.7 Å². The fourth-order valence-electron chi connectivity index (χ4n) is 6.88. The minimum atomic E-state index is -1.54. The quantitative estimate of drug-likeness (QED) is 0.668. The fraction of sp³-hybridized carbons (Fsp3) is 0.913. The molecule has 0 spiro atoms. The molecule has 0 radical (unpaired) electrons. The predicted molar refractivity (Wildman–Crippen MR) is 110 cm³/mol. The molecule has 0 aromatic rings. The number of nitrogens with zero attached hydrogens (tertiary/aromatic N) is 2. The summed E-state index contributed by atoms with van der Waals surface area (Å²) in [5.74, 6) is -2.43. The van der Waals surface area contributed by atoms with Crippen molar-refractivity contribution in [1.82, 2.24) is 9.80 Å². The minimum absolute atomic E-state index is 0.0581. The van der Waals surface area contributed by atoms with Crippen molar-refractivity contribution in [3.05, 3.63) is 0 Å². The molecule has 2 aliphatic heterocycles. The summed E-state index contributed by atoms with van der Waals surface area (Å²) in [5, 5.41) is 24.7. The van der Waals surface area contributed by atoms with E-state index in [2.05, 4.69) is 65.2 Å². The molecule has 2 fully saturated rings. The minimum Gasteiger partial charge on any atom is -0.550 e. The highest BCUT2D eigenvalue weighted by Gasteiger charge is 2.61. The zero-order valence-corrected chi connectivity index (χ0v) is 19.7. The van der Waals surface area contributed by atoms with Crippen LogP contribution in [-0.2, 0) is 9.59 Å². The van der Waals surface area contributed by atoms with Crippen molar-refractivity contribution in [3.63, 3.8) is 0 Å². The molecule has 0 atom stereocenters. The molecule has 6 heteroatoms. The van der Waals surface area contributed by atoms with Crippen LogP contribution in [-0.4, -0.2) is 49.6 Å². The van der Waals surface area contributed by atoms with Gasteiger partial charge in [0.15, 0.2) is 0 Å². The number of hydrogen-bond acceptors (Lipinski definition) is 6. The van der Waals surface area contributed by atoms with Crippen LogP contribution in [0.2, 0.25) is 0 Å². The van der Waals surface area contributed by atoms with E-state index in [9.17, 15) is 19.8 Å². The summed E-state index contributed by atoms with van der Waals surface area (Å²) in [5.41, 5.74) is -3.22. The van der Waals surface area contributed by atoms with E-state index in [0.29, 0.717) is 0 Å². The van der Waals surface area contributed by atoms with Crippen molar-refractivity contribution in [1.29, 1.82) is 0 Å². The third-order valence-electron chi connectivity index (χ3n) is 7.32. The first kappa shape index (κ1) is 24.1. The molecule has 2 rings (SSSR count). The molecule has 0 amide bonds. The highest BCUT2D eigenvalue weighted by Crippen LogP contribution is 2.52. The molecule has 0 aromatic heterocycles. The lowest BCUT2D eigenvalue weighted by Gasteiger charge is -2.70. The van der Waals surface area contributed by atoms with Crippen LogP contribution in [0.4, 0.5) is 0 Å². The first-order chi connectivity index (χ1) is 13.0. The second-order valence-electron chi connectivity index (χ2n) is 11.6. The Balaban J connectivity index is 2.83. The third-order valence-corrected chi connectivity index (χ3v) is 7.32. The van der Waals surface area contributed by atoms with Gasteiger partial charge in [0.2, 0.25) is 0 Å². The van der Waals surface area contributed by atoms with Crippen molar-refractivity contribution in [3.8, 4) is 0 Å². The predicted octanol–water partition coefficient (Wildman–Crippen LogP) is 2.05. The number of carbonyl (C=O) groups excluding carboxylic acids is 2. The van der Waals surface area contributed by atoms with E-state index in [0.717, 1.165) is 38.5 Å². The van der Waals surface area contributed by atoms with Crippen LogP contribution in [0.1, 0.15) is 107 Å². The van der Waals surface area contributed by atoms with Gasteiger partial charge < -0.3 is 19.8 Å². The van der Waals surface area contributed by atoms with E-state index in [4.69, 9.17) is 0 Å². The Bertz CT molecular complexity index is 581. The molecule has 2 heterocycles. The Labute approximate surface area is 176 Å². The molecule has 6 nitrogen and oxygen atoms in total. The molecule has 0 bridgehead atoms. The van der Waals surface area contributed by atoms with Crippen LogP contribution in [0.3, 0.4) is 0 Å². The normalized spacial score (nSPS) is 26.8. The molecule has 0 aromatic carbocycles. The summed E-state index contributed by atoms with van der Waals surface area (Å²) in [4.78, 5) is 28.9. The number of piperidine rings is 2. The first-order valence-corrected chi connectivity index (χ1v) is 11.0. The summed E-state index contributed by atoms with van der Waals surface area (Å²) >= 11 is 0. The van der Waals surface area contributed by atoms with Gasteiger partial charge in [-0.15, -0.1) is 0 Å². The van der Waals surface area contributed by atoms with Crippen molar-refractivity contribution >= 4 is 11.9 Å². The second-order valence-corrected chi connectivity index (χ2v) is 11.6. The van der Waals surface area contributed by atoms with Crippen LogP contribution in [0.5, 0.6) is 0 Å². The summed E-state index contributed by atoms with van der Waals surface area (Å²) in [6.07, 6.45) is 5.05. The highest BCUT2D eigenvalue weighted by atomic mass is 16.4. The van der Waals surface area contributed by atoms with E-state index in [1.165, 1.54) is 0 Å². The van der Waals surface area contributed by atoms with Gasteiger partial charge in [-0.3, -0.25) is 9.80 Å². The van der Waals surface area contributed by atoms with Gasteiger partial charge in [0.25, 0.3) is 0 Å². The zero-order chi connectivity index (χ0) is 22.5. The maximum absolute atomic E-state index is 13.2. The van der Waals surface area contributed by atoms with Crippen LogP contribution < -0.4 is 10.2 Å². The lowest BCUT2D eigenvalue weighted by molar-refractivity contribution is -0.351. The summed E-state index contributed by atoms with van der Waals surface area (Å²) in [6, 6.07) is 0. The molecule has 0 saturated carbocycles. The maximum atomic E-state index is 13.2. The Morgan fingerprint density at radius 3 is 1.28 bits per heavy atom. The maximum Gasteiger partial charge on any atom is 0.117 e. The lowest BCUT2D eigenvalue weighted by atomic mass is 9.71. The van der Waals surface area contributed by atoms with Gasteiger partial charge in [0, 0.05) is 28.1 Å². The van der Waals surface area contributed by atoms with Gasteiger partial charge >= 0.3 is 0 Å². The van der Waals surface area contributed by atoms with Gasteiger partial charge in [-0.25, -0.2) is 0 Å². The van der Waals surface area contributed by atoms with E-state index >= 15 is 0 Å². The second kappa shape index (κ2) is 7.52. The lowest BCUT2D eigenvalue weighted by Crippen LogP contribution is -2.83. The number of carboxylic acid groups (broad SMARTS) is 2. The molecule has 168 valence electrons. The zero-order valence-electron chi connectivity index (χ0n) is 19.7. The van der Waals surface area contributed by atoms with Crippen molar-refractivity contribution < 1.29 is 19.8 Å². The van der Waals surface area contributed by atoms with Crippen molar-refractivity contribution in [2.24, 2.45) is 0 Å². The molecule has 0 aliphatic carbocycles. The number of carboxylic acids is 2. The number of carbonyl (C=O) groups is 2. The first-order valence-electron chi connectivity index (χ1n) is 11.0. The SMILES string of the molecule is CC1(C)CCCC(C)(C)N1C(CCC(=O)[O-])(C(=O)[O-])N1C(C)(C)CCCC1(C)C. The average Bonchev–Trinajstić information content (AvgIpc) is 2.48. The molecule has 29 heavy (non-hydrogen) atoms. The molecule has 2 saturated heterocycles. The summed E-state index contributed by atoms with van der Waals surface area (Å²) < 4.78 is 0. The molecular weight excluding hydrogens is 368 g/mol. The third kappa shape index (κ3) is 4.20. The van der Waals surface area contributed by atoms with Gasteiger partial charge in [-0.2, -0.15) is 0 Å². The van der Waals surface area contributed by atoms with Crippen LogP contribution >= 0.6 is 0 Å². The number of hydrogen-bond donors (Lipinski definition) is 0. The monoisotopic (exact) mass is 408 g/mol. The Morgan fingerprint density at radius 2 is 1.03 bits per heavy atom. The standard InChI is InChI=1S/C23H42N2O4/c1-19(2)12-9-13-20(3,4)24(19)23(18(28)29,16-11-17(26)27)25-21(5,6)14-10-15-22(25,7)8/h9-16H2,1-8H3,(H,26,27)(H,28,29)/p-2. The fourth-order valence-corrected chi connectivity index (χ4v) is 6.88. The Hall–Kier alpha value is -1.14. The van der Waals surface area contributed by atoms with Crippen LogP contribution in [0, 0.1) is 0 Å². The molecule has 0 unspecified atom stereocenters. The van der Waals surface area contributed by atoms with Crippen molar-refractivity contribution in [2.45, 2.75) is 135 Å². The summed E-state index contributed by atoms with van der Waals surface area (Å²) in [7, 11) is 0.